The molecule has 5 nitrogen and oxygen atoms in total. The van der Waals surface area contributed by atoms with Gasteiger partial charge in [-0.1, -0.05) is 6.92 Å². The average Bonchev–Trinajstić information content (AvgIpc) is 2.39. The Balaban J connectivity index is 2.55. The molecule has 1 aromatic rings. The van der Waals surface area contributed by atoms with Crippen molar-refractivity contribution >= 4 is 17.7 Å². The summed E-state index contributed by atoms with van der Waals surface area (Å²) in [5.41, 5.74) is 0.851. The molecule has 19 heavy (non-hydrogen) atoms. The van der Waals surface area contributed by atoms with Gasteiger partial charge in [-0.05, 0) is 17.9 Å². The summed E-state index contributed by atoms with van der Waals surface area (Å²) in [6, 6.07) is 3.70. The van der Waals surface area contributed by atoms with Gasteiger partial charge in [0.15, 0.2) is 0 Å². The van der Waals surface area contributed by atoms with Gasteiger partial charge in [0, 0.05) is 18.8 Å². The number of thioether (sulfide) groups is 1. The lowest BCUT2D eigenvalue weighted by Crippen LogP contribution is -2.31. The van der Waals surface area contributed by atoms with Crippen molar-refractivity contribution < 1.29 is 14.6 Å². The summed E-state index contributed by atoms with van der Waals surface area (Å²) in [6.45, 7) is 3.42. The van der Waals surface area contributed by atoms with Crippen LogP contribution in [0.1, 0.15) is 12.6 Å². The number of aliphatic carboxylic acids is 1. The van der Waals surface area contributed by atoms with Crippen LogP contribution >= 0.6 is 11.8 Å². The Hall–Kier alpha value is -1.27. The maximum absolute atomic E-state index is 10.8. The molecule has 1 N–H and O–H groups in total. The van der Waals surface area contributed by atoms with Crippen molar-refractivity contribution in [1.29, 1.82) is 0 Å². The molecule has 0 aliphatic heterocycles. The summed E-state index contributed by atoms with van der Waals surface area (Å²) in [4.78, 5) is 17.0. The van der Waals surface area contributed by atoms with Crippen LogP contribution in [0.3, 0.4) is 0 Å². The van der Waals surface area contributed by atoms with Gasteiger partial charge in [-0.2, -0.15) is 11.8 Å². The molecule has 0 fully saturated rings. The first-order valence-corrected chi connectivity index (χ1v) is 7.32. The Bertz CT molecular complexity index is 384. The third-order valence-electron chi connectivity index (χ3n) is 2.53. The Morgan fingerprint density at radius 3 is 2.84 bits per heavy atom. The molecule has 0 aromatic carbocycles. The Labute approximate surface area is 118 Å². The van der Waals surface area contributed by atoms with Crippen LogP contribution in [-0.2, 0) is 11.3 Å². The van der Waals surface area contributed by atoms with Crippen molar-refractivity contribution in [3.63, 3.8) is 0 Å². The second-order valence-corrected chi connectivity index (χ2v) is 5.38. The number of ether oxygens (including phenoxy) is 1. The van der Waals surface area contributed by atoms with Gasteiger partial charge in [-0.3, -0.25) is 14.7 Å². The molecule has 0 bridgehead atoms. The summed E-state index contributed by atoms with van der Waals surface area (Å²) in [5.74, 6) is 1.87. The topological polar surface area (TPSA) is 62.7 Å². The first-order valence-electron chi connectivity index (χ1n) is 6.16. The third kappa shape index (κ3) is 6.45. The van der Waals surface area contributed by atoms with E-state index in [1.54, 1.807) is 25.1 Å². The van der Waals surface area contributed by atoms with Gasteiger partial charge in [-0.15, -0.1) is 0 Å². The number of pyridine rings is 1. The number of aromatic nitrogens is 1. The van der Waals surface area contributed by atoms with Gasteiger partial charge in [0.05, 0.1) is 25.5 Å². The zero-order valence-corrected chi connectivity index (χ0v) is 12.2. The van der Waals surface area contributed by atoms with Crippen molar-refractivity contribution in [2.24, 2.45) is 0 Å². The largest absolute Gasteiger partial charge is 0.495 e. The normalized spacial score (nSPS) is 10.7. The Kier molecular flexibility index (Phi) is 7.28. The second-order valence-electron chi connectivity index (χ2n) is 3.99. The Morgan fingerprint density at radius 1 is 1.53 bits per heavy atom. The lowest BCUT2D eigenvalue weighted by Gasteiger charge is -2.19. The number of carboxylic acid groups (broad SMARTS) is 1. The molecule has 1 heterocycles. The highest BCUT2D eigenvalue weighted by molar-refractivity contribution is 7.99. The highest BCUT2D eigenvalue weighted by atomic mass is 32.2. The minimum Gasteiger partial charge on any atom is -0.495 e. The number of carbonyl (C=O) groups is 1. The van der Waals surface area contributed by atoms with Crippen LogP contribution in [0.2, 0.25) is 0 Å². The van der Waals surface area contributed by atoms with Gasteiger partial charge >= 0.3 is 5.97 Å². The predicted molar refractivity (Wildman–Crippen MR) is 76.7 cm³/mol. The maximum Gasteiger partial charge on any atom is 0.317 e. The molecule has 1 rings (SSSR count). The quantitative estimate of drug-likeness (QED) is 0.697. The van der Waals surface area contributed by atoms with Crippen molar-refractivity contribution in [1.82, 2.24) is 9.88 Å². The summed E-state index contributed by atoms with van der Waals surface area (Å²) in [6.07, 6.45) is 1.65. The zero-order chi connectivity index (χ0) is 14.1. The fourth-order valence-corrected chi connectivity index (χ4v) is 2.27. The van der Waals surface area contributed by atoms with Gasteiger partial charge in [0.25, 0.3) is 0 Å². The number of rotatable bonds is 9. The summed E-state index contributed by atoms with van der Waals surface area (Å²) >= 11 is 1.81. The fourth-order valence-electron chi connectivity index (χ4n) is 1.60. The van der Waals surface area contributed by atoms with Crippen LogP contribution in [-0.4, -0.2) is 52.7 Å². The first-order chi connectivity index (χ1) is 9.15. The molecule has 6 heteroatoms. The van der Waals surface area contributed by atoms with Crippen molar-refractivity contribution in [3.8, 4) is 5.75 Å². The predicted octanol–water partition coefficient (Wildman–Crippen LogP) is 1.73. The molecule has 0 saturated carbocycles. The number of methoxy groups -OCH3 is 1. The minimum atomic E-state index is -0.810. The fraction of sp³-hybridized carbons (Fsp3) is 0.538. The van der Waals surface area contributed by atoms with Gasteiger partial charge in [-0.25, -0.2) is 0 Å². The van der Waals surface area contributed by atoms with E-state index in [4.69, 9.17) is 9.84 Å². The molecular weight excluding hydrogens is 264 g/mol. The van der Waals surface area contributed by atoms with E-state index in [2.05, 4.69) is 11.9 Å². The molecule has 0 saturated heterocycles. The van der Waals surface area contributed by atoms with E-state index >= 15 is 0 Å². The Morgan fingerprint density at radius 2 is 2.32 bits per heavy atom. The molecular formula is C13H20N2O3S. The van der Waals surface area contributed by atoms with E-state index in [0.29, 0.717) is 12.3 Å². The molecule has 0 unspecified atom stereocenters. The standard InChI is InChI=1S/C13H20N2O3S/c1-3-19-7-6-15(10-13(16)17)9-11-4-5-12(18-2)8-14-11/h4-5,8H,3,6-7,9-10H2,1-2H3,(H,16,17). The van der Waals surface area contributed by atoms with Crippen LogP contribution in [0.5, 0.6) is 5.75 Å². The molecule has 0 radical (unpaired) electrons. The lowest BCUT2D eigenvalue weighted by molar-refractivity contribution is -0.138. The molecule has 1 aromatic heterocycles. The highest BCUT2D eigenvalue weighted by Crippen LogP contribution is 2.10. The van der Waals surface area contributed by atoms with E-state index < -0.39 is 5.97 Å². The third-order valence-corrected chi connectivity index (χ3v) is 3.41. The summed E-state index contributed by atoms with van der Waals surface area (Å²) in [5, 5.41) is 8.91. The average molecular weight is 284 g/mol. The van der Waals surface area contributed by atoms with Gasteiger partial charge in [0.2, 0.25) is 0 Å². The number of hydrogen-bond donors (Lipinski definition) is 1. The number of hydrogen-bond acceptors (Lipinski definition) is 5. The van der Waals surface area contributed by atoms with E-state index in [0.717, 1.165) is 23.7 Å². The van der Waals surface area contributed by atoms with E-state index in [9.17, 15) is 4.79 Å². The highest BCUT2D eigenvalue weighted by Gasteiger charge is 2.10. The van der Waals surface area contributed by atoms with Gasteiger partial charge < -0.3 is 9.84 Å². The second kappa shape index (κ2) is 8.77. The van der Waals surface area contributed by atoms with Crippen molar-refractivity contribution in [2.75, 3.05) is 31.7 Å². The van der Waals surface area contributed by atoms with E-state index in [1.807, 2.05) is 17.0 Å². The summed E-state index contributed by atoms with van der Waals surface area (Å²) in [7, 11) is 1.59. The van der Waals surface area contributed by atoms with Gasteiger partial charge in [0.1, 0.15) is 5.75 Å². The van der Waals surface area contributed by atoms with Crippen molar-refractivity contribution in [2.45, 2.75) is 13.5 Å². The van der Waals surface area contributed by atoms with Crippen LogP contribution in [0.4, 0.5) is 0 Å². The van der Waals surface area contributed by atoms with Crippen LogP contribution in [0.15, 0.2) is 18.3 Å². The van der Waals surface area contributed by atoms with Crippen LogP contribution in [0, 0.1) is 0 Å². The lowest BCUT2D eigenvalue weighted by atomic mass is 10.3. The monoisotopic (exact) mass is 284 g/mol. The van der Waals surface area contributed by atoms with E-state index in [-0.39, 0.29) is 6.54 Å². The molecule has 0 amide bonds. The summed E-state index contributed by atoms with van der Waals surface area (Å²) < 4.78 is 5.04. The SMILES string of the molecule is CCSCCN(CC(=O)O)Cc1ccc(OC)cn1. The zero-order valence-electron chi connectivity index (χ0n) is 11.3. The smallest absolute Gasteiger partial charge is 0.317 e. The van der Waals surface area contributed by atoms with Crippen LogP contribution < -0.4 is 4.74 Å². The minimum absolute atomic E-state index is 0.0397. The van der Waals surface area contributed by atoms with Crippen LogP contribution in [0.25, 0.3) is 0 Å². The number of nitrogens with zero attached hydrogens (tertiary/aromatic N) is 2. The molecule has 0 atom stereocenters. The maximum atomic E-state index is 10.8. The molecule has 0 aliphatic rings. The van der Waals surface area contributed by atoms with E-state index in [1.165, 1.54) is 0 Å². The number of carboxylic acids is 1. The molecule has 106 valence electrons. The molecule has 0 spiro atoms. The first kappa shape index (κ1) is 15.8. The molecule has 0 aliphatic carbocycles. The van der Waals surface area contributed by atoms with Crippen molar-refractivity contribution in [3.05, 3.63) is 24.0 Å².